The molecule has 0 aliphatic carbocycles. The second-order valence-corrected chi connectivity index (χ2v) is 1.61. The SMILES string of the molecule is C=CC(CCF)NC. The van der Waals surface area contributed by atoms with Crippen molar-refractivity contribution in [3.63, 3.8) is 0 Å². The summed E-state index contributed by atoms with van der Waals surface area (Å²) in [4.78, 5) is 0. The van der Waals surface area contributed by atoms with E-state index in [0.717, 1.165) is 0 Å². The fourth-order valence-electron chi connectivity index (χ4n) is 0.498. The van der Waals surface area contributed by atoms with E-state index in [0.29, 0.717) is 6.42 Å². The van der Waals surface area contributed by atoms with Crippen LogP contribution in [0.3, 0.4) is 0 Å². The molecule has 0 radical (unpaired) electrons. The van der Waals surface area contributed by atoms with Crippen LogP contribution in [-0.2, 0) is 0 Å². The van der Waals surface area contributed by atoms with E-state index >= 15 is 0 Å². The number of hydrogen-bond donors (Lipinski definition) is 1. The van der Waals surface area contributed by atoms with Gasteiger partial charge >= 0.3 is 0 Å². The highest BCUT2D eigenvalue weighted by molar-refractivity contribution is 4.83. The zero-order valence-corrected chi connectivity index (χ0v) is 5.15. The molecule has 0 amide bonds. The van der Waals surface area contributed by atoms with Crippen LogP contribution in [0.2, 0.25) is 0 Å². The molecule has 0 spiro atoms. The Morgan fingerprint density at radius 2 is 2.50 bits per heavy atom. The van der Waals surface area contributed by atoms with Crippen molar-refractivity contribution >= 4 is 0 Å². The second kappa shape index (κ2) is 4.78. The zero-order valence-electron chi connectivity index (χ0n) is 5.15. The Morgan fingerprint density at radius 3 is 2.62 bits per heavy atom. The first-order valence-electron chi connectivity index (χ1n) is 2.71. The molecule has 0 bridgehead atoms. The largest absolute Gasteiger partial charge is 0.313 e. The average molecular weight is 117 g/mol. The summed E-state index contributed by atoms with van der Waals surface area (Å²) >= 11 is 0. The Morgan fingerprint density at radius 1 is 1.88 bits per heavy atom. The lowest BCUT2D eigenvalue weighted by Crippen LogP contribution is -2.22. The van der Waals surface area contributed by atoms with Gasteiger partial charge in [-0.15, -0.1) is 6.58 Å². The van der Waals surface area contributed by atoms with Gasteiger partial charge in [-0.25, -0.2) is 0 Å². The summed E-state index contributed by atoms with van der Waals surface area (Å²) in [5.41, 5.74) is 0. The van der Waals surface area contributed by atoms with Gasteiger partial charge in [-0.3, -0.25) is 4.39 Å². The molecule has 0 aliphatic heterocycles. The molecule has 0 aromatic carbocycles. The highest BCUT2D eigenvalue weighted by atomic mass is 19.1. The Labute approximate surface area is 49.6 Å². The summed E-state index contributed by atoms with van der Waals surface area (Å²) in [6.45, 7) is 3.24. The van der Waals surface area contributed by atoms with Crippen LogP contribution in [0.4, 0.5) is 4.39 Å². The predicted molar refractivity (Wildman–Crippen MR) is 33.6 cm³/mol. The van der Waals surface area contributed by atoms with Crippen LogP contribution in [0, 0.1) is 0 Å². The molecule has 1 atom stereocenters. The van der Waals surface area contributed by atoms with Crippen LogP contribution < -0.4 is 5.32 Å². The maximum atomic E-state index is 11.5. The molecule has 0 saturated heterocycles. The molecule has 0 aromatic rings. The minimum absolute atomic E-state index is 0.139. The first-order chi connectivity index (χ1) is 3.85. The monoisotopic (exact) mass is 117 g/mol. The van der Waals surface area contributed by atoms with Crippen molar-refractivity contribution in [3.05, 3.63) is 12.7 Å². The van der Waals surface area contributed by atoms with Gasteiger partial charge in [0, 0.05) is 6.04 Å². The maximum Gasteiger partial charge on any atom is 0.0912 e. The Balaban J connectivity index is 3.21. The van der Waals surface area contributed by atoms with Gasteiger partial charge in [-0.1, -0.05) is 6.08 Å². The van der Waals surface area contributed by atoms with Crippen molar-refractivity contribution in [2.45, 2.75) is 12.5 Å². The van der Waals surface area contributed by atoms with Gasteiger partial charge in [0.05, 0.1) is 6.67 Å². The summed E-state index contributed by atoms with van der Waals surface area (Å²) in [5.74, 6) is 0. The molecule has 0 aliphatic rings. The molecule has 1 unspecified atom stereocenters. The van der Waals surface area contributed by atoms with Crippen molar-refractivity contribution in [1.29, 1.82) is 0 Å². The van der Waals surface area contributed by atoms with E-state index in [1.54, 1.807) is 13.1 Å². The van der Waals surface area contributed by atoms with Gasteiger partial charge in [-0.05, 0) is 13.5 Å². The summed E-state index contributed by atoms with van der Waals surface area (Å²) in [6.07, 6.45) is 2.24. The lowest BCUT2D eigenvalue weighted by molar-refractivity contribution is 0.439. The standard InChI is InChI=1S/C6H12FN/c1-3-6(8-2)4-5-7/h3,6,8H,1,4-5H2,2H3. The van der Waals surface area contributed by atoms with Gasteiger partial charge in [-0.2, -0.15) is 0 Å². The van der Waals surface area contributed by atoms with E-state index in [2.05, 4.69) is 11.9 Å². The maximum absolute atomic E-state index is 11.5. The molecule has 0 rings (SSSR count). The quantitative estimate of drug-likeness (QED) is 0.544. The van der Waals surface area contributed by atoms with Crippen LogP contribution in [-0.4, -0.2) is 19.8 Å². The summed E-state index contributed by atoms with van der Waals surface area (Å²) in [5, 5.41) is 2.89. The third kappa shape index (κ3) is 2.75. The van der Waals surface area contributed by atoms with E-state index in [9.17, 15) is 4.39 Å². The summed E-state index contributed by atoms with van der Waals surface area (Å²) in [6, 6.07) is 0.139. The van der Waals surface area contributed by atoms with Crippen LogP contribution in [0.15, 0.2) is 12.7 Å². The molecule has 0 heterocycles. The lowest BCUT2D eigenvalue weighted by atomic mass is 10.2. The van der Waals surface area contributed by atoms with E-state index in [1.165, 1.54) is 0 Å². The lowest BCUT2D eigenvalue weighted by Gasteiger charge is -2.05. The van der Waals surface area contributed by atoms with E-state index in [4.69, 9.17) is 0 Å². The van der Waals surface area contributed by atoms with Crippen molar-refractivity contribution in [2.24, 2.45) is 0 Å². The fourth-order valence-corrected chi connectivity index (χ4v) is 0.498. The molecule has 48 valence electrons. The third-order valence-corrected chi connectivity index (χ3v) is 1.08. The highest BCUT2D eigenvalue weighted by Crippen LogP contribution is 1.90. The Hall–Kier alpha value is -0.370. The average Bonchev–Trinajstić information content (AvgIpc) is 1.83. The van der Waals surface area contributed by atoms with Gasteiger partial charge in [0.1, 0.15) is 0 Å². The first kappa shape index (κ1) is 7.63. The number of likely N-dealkylation sites (N-methyl/N-ethyl adjacent to an activating group) is 1. The molecular formula is C6H12FN. The third-order valence-electron chi connectivity index (χ3n) is 1.08. The number of rotatable bonds is 4. The van der Waals surface area contributed by atoms with E-state index < -0.39 is 0 Å². The first-order valence-corrected chi connectivity index (χ1v) is 2.71. The van der Waals surface area contributed by atoms with Gasteiger partial charge in [0.25, 0.3) is 0 Å². The molecule has 0 fully saturated rings. The molecular weight excluding hydrogens is 105 g/mol. The van der Waals surface area contributed by atoms with E-state index in [1.807, 2.05) is 0 Å². The predicted octanol–water partition coefficient (Wildman–Crippen LogP) is 1.12. The molecule has 1 N–H and O–H groups in total. The van der Waals surface area contributed by atoms with E-state index in [-0.39, 0.29) is 12.7 Å². The number of alkyl halides is 1. The molecule has 0 aromatic heterocycles. The van der Waals surface area contributed by atoms with Crippen LogP contribution in [0.1, 0.15) is 6.42 Å². The van der Waals surface area contributed by atoms with Crippen molar-refractivity contribution in [2.75, 3.05) is 13.7 Å². The van der Waals surface area contributed by atoms with Crippen molar-refractivity contribution < 1.29 is 4.39 Å². The number of hydrogen-bond acceptors (Lipinski definition) is 1. The topological polar surface area (TPSA) is 12.0 Å². The smallest absolute Gasteiger partial charge is 0.0912 e. The second-order valence-electron chi connectivity index (χ2n) is 1.61. The minimum atomic E-state index is -0.280. The van der Waals surface area contributed by atoms with Crippen LogP contribution in [0.25, 0.3) is 0 Å². The number of halogens is 1. The molecule has 0 saturated carbocycles. The highest BCUT2D eigenvalue weighted by Gasteiger charge is 1.96. The molecule has 8 heavy (non-hydrogen) atoms. The van der Waals surface area contributed by atoms with Crippen molar-refractivity contribution in [1.82, 2.24) is 5.32 Å². The Kier molecular flexibility index (Phi) is 4.56. The minimum Gasteiger partial charge on any atom is -0.313 e. The van der Waals surface area contributed by atoms with Crippen molar-refractivity contribution in [3.8, 4) is 0 Å². The summed E-state index contributed by atoms with van der Waals surface area (Å²) < 4.78 is 11.5. The van der Waals surface area contributed by atoms with Crippen LogP contribution >= 0.6 is 0 Å². The normalized spacial score (nSPS) is 13.2. The Bertz CT molecular complexity index is 63.5. The molecule has 1 nitrogen and oxygen atoms in total. The fraction of sp³-hybridized carbons (Fsp3) is 0.667. The van der Waals surface area contributed by atoms with Gasteiger partial charge in [0.2, 0.25) is 0 Å². The van der Waals surface area contributed by atoms with Gasteiger partial charge in [0.15, 0.2) is 0 Å². The zero-order chi connectivity index (χ0) is 6.41. The molecule has 2 heteroatoms. The summed E-state index contributed by atoms with van der Waals surface area (Å²) in [7, 11) is 1.79. The van der Waals surface area contributed by atoms with Crippen LogP contribution in [0.5, 0.6) is 0 Å². The number of nitrogens with one attached hydrogen (secondary N) is 1. The van der Waals surface area contributed by atoms with Gasteiger partial charge < -0.3 is 5.32 Å².